The zero-order valence-electron chi connectivity index (χ0n) is 13.9. The molecule has 0 spiro atoms. The lowest BCUT2D eigenvalue weighted by Gasteiger charge is -2.28. The van der Waals surface area contributed by atoms with Gasteiger partial charge in [0.25, 0.3) is 5.91 Å². The zero-order chi connectivity index (χ0) is 17.8. The van der Waals surface area contributed by atoms with Crippen LogP contribution in [0.4, 0.5) is 0 Å². The Labute approximate surface area is 137 Å². The van der Waals surface area contributed by atoms with Crippen LogP contribution in [0.1, 0.15) is 43.1 Å². The summed E-state index contributed by atoms with van der Waals surface area (Å²) in [6.45, 7) is 5.07. The van der Waals surface area contributed by atoms with Crippen LogP contribution in [-0.4, -0.2) is 49.1 Å². The van der Waals surface area contributed by atoms with Crippen molar-refractivity contribution in [1.82, 2.24) is 4.90 Å². The molecule has 0 saturated heterocycles. The van der Waals surface area contributed by atoms with Crippen molar-refractivity contribution >= 4 is 21.7 Å². The number of amides is 1. The average Bonchev–Trinajstić information content (AvgIpc) is 2.49. The number of rotatable bonds is 7. The number of benzene rings is 1. The van der Waals surface area contributed by atoms with Crippen molar-refractivity contribution in [3.8, 4) is 0 Å². The SMILES string of the molecule is CCc1ccc(S(C)(=O)=O)cc1C(=O)N(CC(=O)O)C(C)CC. The first-order valence-corrected chi connectivity index (χ1v) is 9.36. The van der Waals surface area contributed by atoms with Gasteiger partial charge in [-0.25, -0.2) is 8.42 Å². The standard InChI is InChI=1S/C16H23NO5S/c1-5-11(3)17(10-15(18)19)16(20)14-9-13(23(4,21)22)8-7-12(14)6-2/h7-9,11H,5-6,10H2,1-4H3,(H,18,19). The van der Waals surface area contributed by atoms with Gasteiger partial charge in [-0.3, -0.25) is 9.59 Å². The van der Waals surface area contributed by atoms with Gasteiger partial charge in [-0.05, 0) is 37.5 Å². The van der Waals surface area contributed by atoms with E-state index in [1.807, 2.05) is 13.8 Å². The predicted molar refractivity (Wildman–Crippen MR) is 87.4 cm³/mol. The predicted octanol–water partition coefficient (Wildman–Crippen LogP) is 1.98. The number of aryl methyl sites for hydroxylation is 1. The Morgan fingerprint density at radius 2 is 1.87 bits per heavy atom. The van der Waals surface area contributed by atoms with Gasteiger partial charge in [-0.1, -0.05) is 19.9 Å². The van der Waals surface area contributed by atoms with E-state index in [-0.39, 0.29) is 16.5 Å². The van der Waals surface area contributed by atoms with Crippen LogP contribution in [0.15, 0.2) is 23.1 Å². The number of carboxylic acid groups (broad SMARTS) is 1. The monoisotopic (exact) mass is 341 g/mol. The van der Waals surface area contributed by atoms with Crippen LogP contribution in [0.2, 0.25) is 0 Å². The number of aliphatic carboxylic acids is 1. The Balaban J connectivity index is 3.39. The summed E-state index contributed by atoms with van der Waals surface area (Å²) in [5, 5.41) is 9.04. The summed E-state index contributed by atoms with van der Waals surface area (Å²) in [4.78, 5) is 25.2. The fraction of sp³-hybridized carbons (Fsp3) is 0.500. The highest BCUT2D eigenvalue weighted by Gasteiger charge is 2.25. The largest absolute Gasteiger partial charge is 0.480 e. The quantitative estimate of drug-likeness (QED) is 0.819. The molecule has 7 heteroatoms. The van der Waals surface area contributed by atoms with Gasteiger partial charge >= 0.3 is 5.97 Å². The van der Waals surface area contributed by atoms with Gasteiger partial charge in [-0.15, -0.1) is 0 Å². The summed E-state index contributed by atoms with van der Waals surface area (Å²) >= 11 is 0. The second-order valence-corrected chi connectivity index (χ2v) is 7.54. The van der Waals surface area contributed by atoms with Gasteiger partial charge in [0.1, 0.15) is 6.54 Å². The van der Waals surface area contributed by atoms with Gasteiger partial charge in [0.2, 0.25) is 0 Å². The van der Waals surface area contributed by atoms with E-state index in [9.17, 15) is 18.0 Å². The van der Waals surface area contributed by atoms with Gasteiger partial charge in [0, 0.05) is 17.9 Å². The first kappa shape index (κ1) is 19.2. The van der Waals surface area contributed by atoms with E-state index in [2.05, 4.69) is 0 Å². The molecular weight excluding hydrogens is 318 g/mol. The van der Waals surface area contributed by atoms with E-state index >= 15 is 0 Å². The van der Waals surface area contributed by atoms with Crippen LogP contribution in [-0.2, 0) is 21.1 Å². The number of nitrogens with zero attached hydrogens (tertiary/aromatic N) is 1. The molecule has 0 heterocycles. The fourth-order valence-electron chi connectivity index (χ4n) is 2.24. The first-order valence-electron chi connectivity index (χ1n) is 7.47. The number of hydrogen-bond acceptors (Lipinski definition) is 4. The molecule has 0 bridgehead atoms. The van der Waals surface area contributed by atoms with E-state index in [1.54, 1.807) is 13.0 Å². The van der Waals surface area contributed by atoms with Gasteiger partial charge in [0.05, 0.1) is 4.90 Å². The Morgan fingerprint density at radius 1 is 1.26 bits per heavy atom. The summed E-state index contributed by atoms with van der Waals surface area (Å²) in [5.41, 5.74) is 0.943. The molecule has 128 valence electrons. The molecule has 1 rings (SSSR count). The maximum Gasteiger partial charge on any atom is 0.323 e. The van der Waals surface area contributed by atoms with Crippen LogP contribution < -0.4 is 0 Å². The second-order valence-electron chi connectivity index (χ2n) is 5.53. The van der Waals surface area contributed by atoms with Crippen molar-refractivity contribution in [2.24, 2.45) is 0 Å². The number of carboxylic acids is 1. The summed E-state index contributed by atoms with van der Waals surface area (Å²) < 4.78 is 23.5. The molecule has 1 aromatic carbocycles. The molecule has 0 aliphatic heterocycles. The molecule has 0 aliphatic rings. The number of sulfone groups is 1. The van der Waals surface area contributed by atoms with Gasteiger partial charge in [-0.2, -0.15) is 0 Å². The van der Waals surface area contributed by atoms with E-state index in [0.717, 1.165) is 6.26 Å². The molecule has 0 aliphatic carbocycles. The van der Waals surface area contributed by atoms with Crippen LogP contribution in [0.5, 0.6) is 0 Å². The highest BCUT2D eigenvalue weighted by atomic mass is 32.2. The van der Waals surface area contributed by atoms with Crippen LogP contribution in [0, 0.1) is 0 Å². The van der Waals surface area contributed by atoms with E-state index in [1.165, 1.54) is 17.0 Å². The van der Waals surface area contributed by atoms with Gasteiger partial charge < -0.3 is 10.0 Å². The third kappa shape index (κ3) is 4.79. The average molecular weight is 341 g/mol. The lowest BCUT2D eigenvalue weighted by Crippen LogP contribution is -2.42. The number of hydrogen-bond donors (Lipinski definition) is 1. The summed E-state index contributed by atoms with van der Waals surface area (Å²) in [6.07, 6.45) is 2.23. The minimum absolute atomic E-state index is 0.0532. The Hall–Kier alpha value is -1.89. The van der Waals surface area contributed by atoms with Crippen LogP contribution in [0.25, 0.3) is 0 Å². The molecular formula is C16H23NO5S. The summed E-state index contributed by atoms with van der Waals surface area (Å²) in [7, 11) is -3.45. The van der Waals surface area contributed by atoms with Crippen LogP contribution >= 0.6 is 0 Å². The Morgan fingerprint density at radius 3 is 2.30 bits per heavy atom. The lowest BCUT2D eigenvalue weighted by atomic mass is 10.0. The first-order chi connectivity index (χ1) is 10.6. The maximum absolute atomic E-state index is 12.8. The van der Waals surface area contributed by atoms with Crippen molar-refractivity contribution in [3.63, 3.8) is 0 Å². The van der Waals surface area contributed by atoms with Gasteiger partial charge in [0.15, 0.2) is 9.84 Å². The van der Waals surface area contributed by atoms with Crippen molar-refractivity contribution < 1.29 is 23.1 Å². The molecule has 0 saturated carbocycles. The molecule has 1 N–H and O–H groups in total. The molecule has 1 atom stereocenters. The zero-order valence-corrected chi connectivity index (χ0v) is 14.7. The topological polar surface area (TPSA) is 91.8 Å². The highest BCUT2D eigenvalue weighted by Crippen LogP contribution is 2.20. The normalized spacial score (nSPS) is 12.7. The second kappa shape index (κ2) is 7.59. The van der Waals surface area contributed by atoms with Crippen molar-refractivity contribution in [2.75, 3.05) is 12.8 Å². The third-order valence-electron chi connectivity index (χ3n) is 3.81. The molecule has 1 amide bonds. The molecule has 0 fully saturated rings. The Bertz CT molecular complexity index is 696. The molecule has 0 radical (unpaired) electrons. The Kier molecular flexibility index (Phi) is 6.32. The maximum atomic E-state index is 12.8. The minimum Gasteiger partial charge on any atom is -0.480 e. The van der Waals surface area contributed by atoms with Crippen molar-refractivity contribution in [1.29, 1.82) is 0 Å². The minimum atomic E-state index is -3.45. The molecule has 1 unspecified atom stereocenters. The summed E-state index contributed by atoms with van der Waals surface area (Å²) in [6, 6.07) is 4.16. The number of carbonyl (C=O) groups excluding carboxylic acids is 1. The number of carbonyl (C=O) groups is 2. The highest BCUT2D eigenvalue weighted by molar-refractivity contribution is 7.90. The fourth-order valence-corrected chi connectivity index (χ4v) is 2.89. The van der Waals surface area contributed by atoms with E-state index < -0.39 is 28.3 Å². The lowest BCUT2D eigenvalue weighted by molar-refractivity contribution is -0.138. The van der Waals surface area contributed by atoms with E-state index in [4.69, 9.17) is 5.11 Å². The van der Waals surface area contributed by atoms with Crippen molar-refractivity contribution in [3.05, 3.63) is 29.3 Å². The summed E-state index contributed by atoms with van der Waals surface area (Å²) in [5.74, 6) is -1.56. The third-order valence-corrected chi connectivity index (χ3v) is 4.92. The molecule has 0 aromatic heterocycles. The smallest absolute Gasteiger partial charge is 0.323 e. The van der Waals surface area contributed by atoms with Crippen LogP contribution in [0.3, 0.4) is 0 Å². The molecule has 6 nitrogen and oxygen atoms in total. The molecule has 23 heavy (non-hydrogen) atoms. The van der Waals surface area contributed by atoms with Crippen molar-refractivity contribution in [2.45, 2.75) is 44.6 Å². The van der Waals surface area contributed by atoms with E-state index in [0.29, 0.717) is 18.4 Å². The molecule has 1 aromatic rings.